The molecule has 1 aromatic carbocycles. The minimum Gasteiger partial charge on any atom is -0.381 e. The molecule has 2 fully saturated rings. The van der Waals surface area contributed by atoms with Gasteiger partial charge in [0.05, 0.1) is 0 Å². The van der Waals surface area contributed by atoms with Crippen LogP contribution < -0.4 is 5.56 Å². The molecular formula is C26H35N3O2. The first-order valence-corrected chi connectivity index (χ1v) is 11.9. The summed E-state index contributed by atoms with van der Waals surface area (Å²) in [6.45, 7) is 7.56. The van der Waals surface area contributed by atoms with Gasteiger partial charge in [-0.05, 0) is 49.8 Å². The van der Waals surface area contributed by atoms with Gasteiger partial charge in [-0.3, -0.25) is 9.69 Å². The van der Waals surface area contributed by atoms with Crippen LogP contribution in [0.5, 0.6) is 0 Å². The number of piperidine rings is 1. The summed E-state index contributed by atoms with van der Waals surface area (Å²) in [5, 5.41) is 0. The Kier molecular flexibility index (Phi) is 6.26. The van der Waals surface area contributed by atoms with Crippen molar-refractivity contribution >= 4 is 0 Å². The minimum absolute atomic E-state index is 0.238. The van der Waals surface area contributed by atoms with E-state index in [0.29, 0.717) is 17.8 Å². The molecule has 0 amide bonds. The largest absolute Gasteiger partial charge is 0.381 e. The van der Waals surface area contributed by atoms with Crippen molar-refractivity contribution in [2.24, 2.45) is 11.8 Å². The van der Waals surface area contributed by atoms with Gasteiger partial charge in [-0.1, -0.05) is 36.4 Å². The van der Waals surface area contributed by atoms with Gasteiger partial charge in [-0.15, -0.1) is 0 Å². The summed E-state index contributed by atoms with van der Waals surface area (Å²) in [7, 11) is 2.15. The maximum absolute atomic E-state index is 13.3. The quantitative estimate of drug-likeness (QED) is 0.717. The Hall–Kier alpha value is -1.95. The maximum atomic E-state index is 13.3. The summed E-state index contributed by atoms with van der Waals surface area (Å²) in [6.07, 6.45) is 3.49. The zero-order chi connectivity index (χ0) is 21.2. The van der Waals surface area contributed by atoms with E-state index in [1.54, 1.807) is 0 Å². The molecule has 2 atom stereocenters. The second-order valence-electron chi connectivity index (χ2n) is 9.93. The molecule has 0 aliphatic carbocycles. The number of fused-ring (bicyclic) bond motifs is 4. The minimum atomic E-state index is 0.238. The predicted octanol–water partition coefficient (Wildman–Crippen LogP) is 3.33. The molecule has 5 nitrogen and oxygen atoms in total. The van der Waals surface area contributed by atoms with Crippen LogP contribution in [0.2, 0.25) is 0 Å². The van der Waals surface area contributed by atoms with Crippen LogP contribution in [0.3, 0.4) is 0 Å². The van der Waals surface area contributed by atoms with E-state index in [1.165, 1.54) is 17.7 Å². The van der Waals surface area contributed by atoms with Gasteiger partial charge in [0.15, 0.2) is 0 Å². The Labute approximate surface area is 185 Å². The number of aromatic nitrogens is 1. The Morgan fingerprint density at radius 1 is 1.03 bits per heavy atom. The lowest BCUT2D eigenvalue weighted by Crippen LogP contribution is -2.47. The molecule has 0 saturated carbocycles. The van der Waals surface area contributed by atoms with Crippen molar-refractivity contribution in [1.29, 1.82) is 0 Å². The van der Waals surface area contributed by atoms with Crippen LogP contribution in [-0.4, -0.2) is 54.3 Å². The van der Waals surface area contributed by atoms with E-state index >= 15 is 0 Å². The molecule has 0 spiro atoms. The molecule has 5 heteroatoms. The number of ether oxygens (including phenoxy) is 1. The average molecular weight is 422 g/mol. The summed E-state index contributed by atoms with van der Waals surface area (Å²) < 4.78 is 7.59. The van der Waals surface area contributed by atoms with Gasteiger partial charge < -0.3 is 14.2 Å². The predicted molar refractivity (Wildman–Crippen MR) is 123 cm³/mol. The van der Waals surface area contributed by atoms with Crippen molar-refractivity contribution in [2.45, 2.75) is 44.8 Å². The first kappa shape index (κ1) is 20.9. The number of pyridine rings is 1. The molecule has 1 aromatic heterocycles. The van der Waals surface area contributed by atoms with E-state index in [4.69, 9.17) is 4.74 Å². The highest BCUT2D eigenvalue weighted by atomic mass is 16.5. The van der Waals surface area contributed by atoms with Crippen molar-refractivity contribution < 1.29 is 4.74 Å². The van der Waals surface area contributed by atoms with Gasteiger partial charge in [0.2, 0.25) is 0 Å². The van der Waals surface area contributed by atoms with Crippen LogP contribution in [0.15, 0.2) is 47.3 Å². The van der Waals surface area contributed by atoms with Crippen molar-refractivity contribution in [2.75, 3.05) is 39.9 Å². The Morgan fingerprint density at radius 2 is 1.84 bits per heavy atom. The summed E-state index contributed by atoms with van der Waals surface area (Å²) in [6, 6.07) is 15.1. The molecule has 5 rings (SSSR count). The van der Waals surface area contributed by atoms with Crippen LogP contribution >= 0.6 is 0 Å². The van der Waals surface area contributed by atoms with E-state index in [1.807, 2.05) is 0 Å². The second kappa shape index (κ2) is 9.27. The Morgan fingerprint density at radius 3 is 2.65 bits per heavy atom. The van der Waals surface area contributed by atoms with Crippen LogP contribution in [0.4, 0.5) is 0 Å². The topological polar surface area (TPSA) is 37.7 Å². The maximum Gasteiger partial charge on any atom is 0.255 e. The summed E-state index contributed by atoms with van der Waals surface area (Å²) >= 11 is 0. The SMILES string of the molecule is CN(Cc1ccc2n(c1=O)C[C@H]1C[C@@H]2CN(Cc2ccccc2)C1)CC1CCOCC1. The van der Waals surface area contributed by atoms with E-state index in [0.717, 1.165) is 70.9 Å². The molecule has 0 unspecified atom stereocenters. The standard InChI is InChI=1S/C26H35N3O2/c1-27(14-21-9-11-31-12-10-21)18-23-7-8-25-24-13-22(17-29(25)26(23)30)16-28(19-24)15-20-5-3-2-4-6-20/h2-8,21-22,24H,9-19H2,1H3/t22-,24+/m0/s1. The van der Waals surface area contributed by atoms with Crippen LogP contribution in [0.25, 0.3) is 0 Å². The lowest BCUT2D eigenvalue weighted by Gasteiger charge is -2.43. The average Bonchev–Trinajstić information content (AvgIpc) is 2.77. The monoisotopic (exact) mass is 421 g/mol. The number of hydrogen-bond acceptors (Lipinski definition) is 4. The molecule has 2 bridgehead atoms. The number of likely N-dealkylation sites (tertiary alicyclic amines) is 1. The van der Waals surface area contributed by atoms with Crippen molar-refractivity contribution in [3.63, 3.8) is 0 Å². The Balaban J connectivity index is 1.27. The highest BCUT2D eigenvalue weighted by Gasteiger charge is 2.35. The number of rotatable bonds is 6. The third-order valence-corrected chi connectivity index (χ3v) is 7.36. The Bertz CT molecular complexity index is 935. The molecular weight excluding hydrogens is 386 g/mol. The van der Waals surface area contributed by atoms with Gasteiger partial charge in [0.1, 0.15) is 0 Å². The molecule has 0 radical (unpaired) electrons. The third-order valence-electron chi connectivity index (χ3n) is 7.36. The normalized spacial score (nSPS) is 24.3. The summed E-state index contributed by atoms with van der Waals surface area (Å²) in [5.74, 6) is 1.73. The van der Waals surface area contributed by atoms with E-state index in [2.05, 4.69) is 63.9 Å². The molecule has 4 heterocycles. The number of benzene rings is 1. The zero-order valence-corrected chi connectivity index (χ0v) is 18.7. The fraction of sp³-hybridized carbons (Fsp3) is 0.577. The molecule has 0 N–H and O–H groups in total. The first-order chi connectivity index (χ1) is 15.2. The smallest absolute Gasteiger partial charge is 0.255 e. The van der Waals surface area contributed by atoms with E-state index in [9.17, 15) is 4.79 Å². The lowest BCUT2D eigenvalue weighted by atomic mass is 9.82. The van der Waals surface area contributed by atoms with Crippen LogP contribution in [0, 0.1) is 11.8 Å². The van der Waals surface area contributed by atoms with E-state index < -0.39 is 0 Å². The van der Waals surface area contributed by atoms with Crippen molar-refractivity contribution in [3.8, 4) is 0 Å². The summed E-state index contributed by atoms with van der Waals surface area (Å²) in [4.78, 5) is 18.3. The highest BCUT2D eigenvalue weighted by molar-refractivity contribution is 5.23. The van der Waals surface area contributed by atoms with Gasteiger partial charge in [0.25, 0.3) is 5.56 Å². The summed E-state index contributed by atoms with van der Waals surface area (Å²) in [5.41, 5.74) is 3.81. The lowest BCUT2D eigenvalue weighted by molar-refractivity contribution is 0.0549. The van der Waals surface area contributed by atoms with Gasteiger partial charge in [-0.25, -0.2) is 0 Å². The van der Waals surface area contributed by atoms with Gasteiger partial charge in [-0.2, -0.15) is 0 Å². The number of nitrogens with zero attached hydrogens (tertiary/aromatic N) is 3. The first-order valence-electron chi connectivity index (χ1n) is 11.9. The fourth-order valence-electron chi connectivity index (χ4n) is 5.91. The molecule has 3 aliphatic rings. The van der Waals surface area contributed by atoms with Crippen LogP contribution in [-0.2, 0) is 24.4 Å². The van der Waals surface area contributed by atoms with E-state index in [-0.39, 0.29) is 5.56 Å². The van der Waals surface area contributed by atoms with Crippen LogP contribution in [0.1, 0.15) is 42.0 Å². The molecule has 2 aromatic rings. The zero-order valence-electron chi connectivity index (χ0n) is 18.7. The third kappa shape index (κ3) is 4.79. The molecule has 31 heavy (non-hydrogen) atoms. The van der Waals surface area contributed by atoms with Crippen molar-refractivity contribution in [1.82, 2.24) is 14.4 Å². The fourth-order valence-corrected chi connectivity index (χ4v) is 5.91. The highest BCUT2D eigenvalue weighted by Crippen LogP contribution is 2.35. The second-order valence-corrected chi connectivity index (χ2v) is 9.93. The molecule has 166 valence electrons. The molecule has 2 saturated heterocycles. The van der Waals surface area contributed by atoms with Crippen molar-refractivity contribution in [3.05, 3.63) is 69.6 Å². The van der Waals surface area contributed by atoms with Gasteiger partial charge in [0, 0.05) is 69.7 Å². The molecule has 3 aliphatic heterocycles. The number of hydrogen-bond donors (Lipinski definition) is 0. The van der Waals surface area contributed by atoms with Gasteiger partial charge >= 0.3 is 0 Å².